The summed E-state index contributed by atoms with van der Waals surface area (Å²) >= 11 is 0. The number of para-hydroxylation sites is 1. The Kier molecular flexibility index (Phi) is 8.33. The lowest BCUT2D eigenvalue weighted by molar-refractivity contribution is -0.137. The van der Waals surface area contributed by atoms with Gasteiger partial charge >= 0.3 is 6.18 Å². The van der Waals surface area contributed by atoms with Crippen LogP contribution in [0.4, 0.5) is 18.9 Å². The second-order valence-corrected chi connectivity index (χ2v) is 6.32. The van der Waals surface area contributed by atoms with Crippen LogP contribution in [0.1, 0.15) is 24.0 Å². The van der Waals surface area contributed by atoms with Crippen molar-refractivity contribution in [3.8, 4) is 11.5 Å². The molecule has 0 atom stereocenters. The molecule has 0 heterocycles. The molecule has 0 unspecified atom stereocenters. The van der Waals surface area contributed by atoms with Crippen molar-refractivity contribution in [3.05, 3.63) is 53.6 Å². The van der Waals surface area contributed by atoms with E-state index in [-0.39, 0.29) is 31.1 Å². The van der Waals surface area contributed by atoms with E-state index in [1.807, 2.05) is 31.2 Å². The van der Waals surface area contributed by atoms with Crippen molar-refractivity contribution in [3.63, 3.8) is 0 Å². The standard InChI is InChI=1S/C21H24F3NO4/c1-15-6-3-4-7-18(15)28-11-5-8-20(26)25-17-14-16(21(22,23)24)9-10-19(17)29-13-12-27-2/h3-4,6-7,9-10,14H,5,8,11-13H2,1-2H3,(H,25,26). The first-order chi connectivity index (χ1) is 13.8. The Morgan fingerprint density at radius 3 is 2.41 bits per heavy atom. The molecule has 8 heteroatoms. The smallest absolute Gasteiger partial charge is 0.416 e. The molecule has 0 fully saturated rings. The van der Waals surface area contributed by atoms with E-state index < -0.39 is 17.6 Å². The van der Waals surface area contributed by atoms with Gasteiger partial charge in [0.1, 0.15) is 18.1 Å². The SMILES string of the molecule is COCCOc1ccc(C(F)(F)F)cc1NC(=O)CCCOc1ccccc1C. The van der Waals surface area contributed by atoms with Crippen molar-refractivity contribution >= 4 is 11.6 Å². The number of ether oxygens (including phenoxy) is 3. The maximum Gasteiger partial charge on any atom is 0.416 e. The van der Waals surface area contributed by atoms with Crippen LogP contribution in [0.2, 0.25) is 0 Å². The summed E-state index contributed by atoms with van der Waals surface area (Å²) in [5, 5.41) is 2.50. The first-order valence-electron chi connectivity index (χ1n) is 9.12. The Balaban J connectivity index is 1.94. The van der Waals surface area contributed by atoms with Gasteiger partial charge in [-0.2, -0.15) is 13.2 Å². The molecule has 1 N–H and O–H groups in total. The second kappa shape index (κ2) is 10.7. The Morgan fingerprint density at radius 2 is 1.72 bits per heavy atom. The average Bonchev–Trinajstić information content (AvgIpc) is 2.67. The van der Waals surface area contributed by atoms with Crippen LogP contribution < -0.4 is 14.8 Å². The molecular formula is C21H24F3NO4. The van der Waals surface area contributed by atoms with E-state index in [0.29, 0.717) is 13.0 Å². The average molecular weight is 411 g/mol. The van der Waals surface area contributed by atoms with E-state index in [0.717, 1.165) is 23.4 Å². The van der Waals surface area contributed by atoms with Crippen LogP contribution in [0.5, 0.6) is 11.5 Å². The summed E-state index contributed by atoms with van der Waals surface area (Å²) in [6, 6.07) is 10.5. The van der Waals surface area contributed by atoms with Crippen LogP contribution in [-0.2, 0) is 15.7 Å². The predicted octanol–water partition coefficient (Wildman–Crippen LogP) is 4.84. The number of alkyl halides is 3. The number of rotatable bonds is 10. The zero-order valence-corrected chi connectivity index (χ0v) is 16.3. The number of hydrogen-bond donors (Lipinski definition) is 1. The van der Waals surface area contributed by atoms with Crippen molar-refractivity contribution in [2.45, 2.75) is 25.9 Å². The Hall–Kier alpha value is -2.74. The number of nitrogens with one attached hydrogen (secondary N) is 1. The number of hydrogen-bond acceptors (Lipinski definition) is 4. The first-order valence-corrected chi connectivity index (χ1v) is 9.12. The molecule has 2 rings (SSSR count). The van der Waals surface area contributed by atoms with Crippen molar-refractivity contribution < 1.29 is 32.2 Å². The van der Waals surface area contributed by atoms with E-state index >= 15 is 0 Å². The minimum atomic E-state index is -4.52. The predicted molar refractivity (Wildman–Crippen MR) is 103 cm³/mol. The maximum atomic E-state index is 13.0. The fourth-order valence-corrected chi connectivity index (χ4v) is 2.51. The third-order valence-corrected chi connectivity index (χ3v) is 4.03. The van der Waals surface area contributed by atoms with E-state index in [1.165, 1.54) is 13.2 Å². The topological polar surface area (TPSA) is 56.8 Å². The van der Waals surface area contributed by atoms with Gasteiger partial charge in [0.15, 0.2) is 0 Å². The molecule has 0 saturated heterocycles. The fraction of sp³-hybridized carbons (Fsp3) is 0.381. The second-order valence-electron chi connectivity index (χ2n) is 6.32. The number of aryl methyl sites for hydroxylation is 1. The van der Waals surface area contributed by atoms with Gasteiger partial charge in [-0.25, -0.2) is 0 Å². The minimum Gasteiger partial charge on any atom is -0.493 e. The quantitative estimate of drug-likeness (QED) is 0.569. The number of anilines is 1. The van der Waals surface area contributed by atoms with Crippen LogP contribution in [0.25, 0.3) is 0 Å². The van der Waals surface area contributed by atoms with Gasteiger partial charge in [0.25, 0.3) is 0 Å². The van der Waals surface area contributed by atoms with Crippen LogP contribution in [0.15, 0.2) is 42.5 Å². The minimum absolute atomic E-state index is 0.0271. The summed E-state index contributed by atoms with van der Waals surface area (Å²) in [4.78, 5) is 12.2. The van der Waals surface area contributed by atoms with Gasteiger partial charge in [-0.1, -0.05) is 18.2 Å². The summed E-state index contributed by atoms with van der Waals surface area (Å²) in [6.45, 7) is 2.65. The molecule has 29 heavy (non-hydrogen) atoms. The lowest BCUT2D eigenvalue weighted by Gasteiger charge is -2.15. The van der Waals surface area contributed by atoms with Crippen LogP contribution >= 0.6 is 0 Å². The van der Waals surface area contributed by atoms with Crippen molar-refractivity contribution in [2.24, 2.45) is 0 Å². The van der Waals surface area contributed by atoms with E-state index in [9.17, 15) is 18.0 Å². The van der Waals surface area contributed by atoms with Gasteiger partial charge in [0.05, 0.1) is 24.5 Å². The molecule has 0 saturated carbocycles. The number of amides is 1. The van der Waals surface area contributed by atoms with Gasteiger partial charge in [0, 0.05) is 13.5 Å². The highest BCUT2D eigenvalue weighted by Crippen LogP contribution is 2.35. The fourth-order valence-electron chi connectivity index (χ4n) is 2.51. The number of carbonyl (C=O) groups excluding carboxylic acids is 1. The molecule has 0 spiro atoms. The third-order valence-electron chi connectivity index (χ3n) is 4.03. The van der Waals surface area contributed by atoms with E-state index in [1.54, 1.807) is 0 Å². The Labute approximate surface area is 167 Å². The highest BCUT2D eigenvalue weighted by atomic mass is 19.4. The van der Waals surface area contributed by atoms with E-state index in [4.69, 9.17) is 14.2 Å². The lowest BCUT2D eigenvalue weighted by Crippen LogP contribution is -2.16. The number of methoxy groups -OCH3 is 1. The molecule has 0 aliphatic heterocycles. The molecule has 1 amide bonds. The largest absolute Gasteiger partial charge is 0.493 e. The molecule has 2 aromatic carbocycles. The molecule has 2 aromatic rings. The van der Waals surface area contributed by atoms with Crippen molar-refractivity contribution in [2.75, 3.05) is 32.2 Å². The van der Waals surface area contributed by atoms with Gasteiger partial charge in [-0.3, -0.25) is 4.79 Å². The monoisotopic (exact) mass is 411 g/mol. The van der Waals surface area contributed by atoms with Crippen LogP contribution in [0.3, 0.4) is 0 Å². The third kappa shape index (κ3) is 7.30. The molecule has 0 aliphatic carbocycles. The summed E-state index contributed by atoms with van der Waals surface area (Å²) in [7, 11) is 1.48. The van der Waals surface area contributed by atoms with Crippen LogP contribution in [-0.4, -0.2) is 32.8 Å². The van der Waals surface area contributed by atoms with Crippen LogP contribution in [0, 0.1) is 6.92 Å². The van der Waals surface area contributed by atoms with Crippen molar-refractivity contribution in [1.82, 2.24) is 0 Å². The normalized spacial score (nSPS) is 11.2. The van der Waals surface area contributed by atoms with Crippen molar-refractivity contribution in [1.29, 1.82) is 0 Å². The van der Waals surface area contributed by atoms with Gasteiger partial charge in [-0.15, -0.1) is 0 Å². The van der Waals surface area contributed by atoms with Gasteiger partial charge in [-0.05, 0) is 43.2 Å². The Morgan fingerprint density at radius 1 is 1.00 bits per heavy atom. The Bertz CT molecular complexity index is 809. The summed E-state index contributed by atoms with van der Waals surface area (Å²) in [5.74, 6) is 0.466. The molecular weight excluding hydrogens is 387 g/mol. The molecule has 0 aliphatic rings. The summed E-state index contributed by atoms with van der Waals surface area (Å²) in [6.07, 6.45) is -4.01. The maximum absolute atomic E-state index is 13.0. The summed E-state index contributed by atoms with van der Waals surface area (Å²) in [5.41, 5.74) is 0.0919. The molecule has 5 nitrogen and oxygen atoms in total. The zero-order chi connectivity index (χ0) is 21.3. The van der Waals surface area contributed by atoms with Gasteiger partial charge in [0.2, 0.25) is 5.91 Å². The molecule has 0 bridgehead atoms. The molecule has 0 aromatic heterocycles. The van der Waals surface area contributed by atoms with E-state index in [2.05, 4.69) is 5.32 Å². The molecule has 0 radical (unpaired) electrons. The number of halogens is 3. The summed E-state index contributed by atoms with van der Waals surface area (Å²) < 4.78 is 54.9. The number of benzene rings is 2. The van der Waals surface area contributed by atoms with Gasteiger partial charge < -0.3 is 19.5 Å². The first kappa shape index (κ1) is 22.5. The molecule has 158 valence electrons. The highest BCUT2D eigenvalue weighted by Gasteiger charge is 2.31. The zero-order valence-electron chi connectivity index (χ0n) is 16.3. The number of carbonyl (C=O) groups is 1. The lowest BCUT2D eigenvalue weighted by atomic mass is 10.1. The highest BCUT2D eigenvalue weighted by molar-refractivity contribution is 5.92.